The molecule has 0 bridgehead atoms. The molecule has 3 nitrogen and oxygen atoms in total. The summed E-state index contributed by atoms with van der Waals surface area (Å²) in [5.41, 5.74) is 3.19. The standard InChI is InChI=1S/C15H14FN3/c1-11-2-3-12(9-19-11)8-18-10-14-6-15(16)5-4-13(14)7-17/h2-6,9,18H,8,10H2,1H3. The summed E-state index contributed by atoms with van der Waals surface area (Å²) in [5, 5.41) is 12.1. The van der Waals surface area contributed by atoms with Gasteiger partial charge in [-0.25, -0.2) is 4.39 Å². The van der Waals surface area contributed by atoms with Crippen LogP contribution in [0.3, 0.4) is 0 Å². The third kappa shape index (κ3) is 3.60. The minimum absolute atomic E-state index is 0.326. The number of aryl methyl sites for hydroxylation is 1. The number of hydrogen-bond donors (Lipinski definition) is 1. The molecule has 0 unspecified atom stereocenters. The van der Waals surface area contributed by atoms with Crippen molar-refractivity contribution in [2.24, 2.45) is 0 Å². The lowest BCUT2D eigenvalue weighted by Gasteiger charge is -2.07. The van der Waals surface area contributed by atoms with Crippen LogP contribution < -0.4 is 5.32 Å². The Balaban J connectivity index is 1.98. The SMILES string of the molecule is Cc1ccc(CNCc2cc(F)ccc2C#N)cn1. The van der Waals surface area contributed by atoms with E-state index in [0.717, 1.165) is 11.3 Å². The van der Waals surface area contributed by atoms with E-state index >= 15 is 0 Å². The largest absolute Gasteiger partial charge is 0.309 e. The van der Waals surface area contributed by atoms with Gasteiger partial charge < -0.3 is 5.32 Å². The van der Waals surface area contributed by atoms with Gasteiger partial charge in [0, 0.05) is 25.0 Å². The van der Waals surface area contributed by atoms with E-state index in [1.54, 1.807) is 6.20 Å². The quantitative estimate of drug-likeness (QED) is 0.913. The number of benzene rings is 1. The van der Waals surface area contributed by atoms with Gasteiger partial charge >= 0.3 is 0 Å². The highest BCUT2D eigenvalue weighted by Crippen LogP contribution is 2.10. The molecule has 0 amide bonds. The fourth-order valence-corrected chi connectivity index (χ4v) is 1.76. The summed E-state index contributed by atoms with van der Waals surface area (Å²) in [6.07, 6.45) is 1.80. The molecule has 0 saturated heterocycles. The van der Waals surface area contributed by atoms with E-state index in [0.29, 0.717) is 24.2 Å². The average Bonchev–Trinajstić information content (AvgIpc) is 2.41. The highest BCUT2D eigenvalue weighted by Gasteiger charge is 2.03. The Morgan fingerprint density at radius 2 is 2.11 bits per heavy atom. The summed E-state index contributed by atoms with van der Waals surface area (Å²) in [4.78, 5) is 4.20. The smallest absolute Gasteiger partial charge is 0.123 e. The molecule has 0 aliphatic carbocycles. The van der Waals surface area contributed by atoms with E-state index in [1.807, 2.05) is 19.1 Å². The first-order valence-corrected chi connectivity index (χ1v) is 6.00. The zero-order valence-electron chi connectivity index (χ0n) is 10.7. The van der Waals surface area contributed by atoms with Crippen molar-refractivity contribution in [3.8, 4) is 6.07 Å². The maximum absolute atomic E-state index is 13.1. The summed E-state index contributed by atoms with van der Waals surface area (Å²) >= 11 is 0. The van der Waals surface area contributed by atoms with Gasteiger partial charge in [0.25, 0.3) is 0 Å². The van der Waals surface area contributed by atoms with Crippen LogP contribution in [-0.2, 0) is 13.1 Å². The molecule has 4 heteroatoms. The number of nitrogens with zero attached hydrogens (tertiary/aromatic N) is 2. The third-order valence-corrected chi connectivity index (χ3v) is 2.80. The molecule has 2 aromatic rings. The van der Waals surface area contributed by atoms with Crippen LogP contribution in [0.4, 0.5) is 4.39 Å². The van der Waals surface area contributed by atoms with Gasteiger partial charge in [-0.3, -0.25) is 4.98 Å². The predicted octanol–water partition coefficient (Wildman–Crippen LogP) is 2.69. The van der Waals surface area contributed by atoms with Crippen molar-refractivity contribution in [3.63, 3.8) is 0 Å². The van der Waals surface area contributed by atoms with E-state index < -0.39 is 0 Å². The lowest BCUT2D eigenvalue weighted by molar-refractivity contribution is 0.619. The van der Waals surface area contributed by atoms with Crippen molar-refractivity contribution < 1.29 is 4.39 Å². The minimum Gasteiger partial charge on any atom is -0.309 e. The molecule has 1 aromatic carbocycles. The monoisotopic (exact) mass is 255 g/mol. The molecule has 2 rings (SSSR count). The first-order chi connectivity index (χ1) is 9.19. The Hall–Kier alpha value is -2.25. The summed E-state index contributed by atoms with van der Waals surface area (Å²) in [6, 6.07) is 10.2. The minimum atomic E-state index is -0.326. The van der Waals surface area contributed by atoms with Crippen LogP contribution in [0.1, 0.15) is 22.4 Å². The van der Waals surface area contributed by atoms with Crippen LogP contribution in [0.25, 0.3) is 0 Å². The molecule has 96 valence electrons. The van der Waals surface area contributed by atoms with Crippen LogP contribution in [0, 0.1) is 24.1 Å². The predicted molar refractivity (Wildman–Crippen MR) is 70.6 cm³/mol. The topological polar surface area (TPSA) is 48.7 Å². The fourth-order valence-electron chi connectivity index (χ4n) is 1.76. The van der Waals surface area contributed by atoms with E-state index in [9.17, 15) is 4.39 Å². The molecule has 1 N–H and O–H groups in total. The molecule has 0 aliphatic heterocycles. The van der Waals surface area contributed by atoms with Gasteiger partial charge in [0.15, 0.2) is 0 Å². The van der Waals surface area contributed by atoms with Gasteiger partial charge in [-0.05, 0) is 42.3 Å². The van der Waals surface area contributed by atoms with Gasteiger partial charge in [-0.1, -0.05) is 6.07 Å². The summed E-state index contributed by atoms with van der Waals surface area (Å²) in [7, 11) is 0. The second-order valence-corrected chi connectivity index (χ2v) is 4.32. The second kappa shape index (κ2) is 6.07. The number of pyridine rings is 1. The molecular weight excluding hydrogens is 241 g/mol. The van der Waals surface area contributed by atoms with Crippen LogP contribution in [-0.4, -0.2) is 4.98 Å². The molecule has 0 atom stereocenters. The van der Waals surface area contributed by atoms with Crippen molar-refractivity contribution in [1.29, 1.82) is 5.26 Å². The van der Waals surface area contributed by atoms with Gasteiger partial charge in [-0.2, -0.15) is 5.26 Å². The highest BCUT2D eigenvalue weighted by molar-refractivity contribution is 5.37. The maximum Gasteiger partial charge on any atom is 0.123 e. The van der Waals surface area contributed by atoms with E-state index in [2.05, 4.69) is 16.4 Å². The van der Waals surface area contributed by atoms with Crippen LogP contribution in [0.15, 0.2) is 36.5 Å². The number of nitriles is 1. The second-order valence-electron chi connectivity index (χ2n) is 4.32. The Morgan fingerprint density at radius 3 is 2.79 bits per heavy atom. The highest BCUT2D eigenvalue weighted by atomic mass is 19.1. The Labute approximate surface area is 111 Å². The summed E-state index contributed by atoms with van der Waals surface area (Å²) < 4.78 is 13.1. The number of nitrogens with one attached hydrogen (secondary N) is 1. The maximum atomic E-state index is 13.1. The molecule has 1 aromatic heterocycles. The van der Waals surface area contributed by atoms with Crippen LogP contribution in [0.2, 0.25) is 0 Å². The summed E-state index contributed by atoms with van der Waals surface area (Å²) in [5.74, 6) is -0.326. The molecule has 0 radical (unpaired) electrons. The molecular formula is C15H14FN3. The molecule has 0 fully saturated rings. The normalized spacial score (nSPS) is 10.2. The molecule has 0 spiro atoms. The first-order valence-electron chi connectivity index (χ1n) is 6.00. The van der Waals surface area contributed by atoms with Crippen molar-refractivity contribution in [2.75, 3.05) is 0 Å². The molecule has 19 heavy (non-hydrogen) atoms. The van der Waals surface area contributed by atoms with E-state index in [1.165, 1.54) is 18.2 Å². The number of rotatable bonds is 4. The van der Waals surface area contributed by atoms with Gasteiger partial charge in [0.1, 0.15) is 5.82 Å². The average molecular weight is 255 g/mol. The van der Waals surface area contributed by atoms with Gasteiger partial charge in [0.2, 0.25) is 0 Å². The Morgan fingerprint density at radius 1 is 1.26 bits per heavy atom. The zero-order valence-corrected chi connectivity index (χ0v) is 10.7. The molecule has 1 heterocycles. The first kappa shape index (κ1) is 13.2. The van der Waals surface area contributed by atoms with Crippen LogP contribution in [0.5, 0.6) is 0 Å². The van der Waals surface area contributed by atoms with Crippen molar-refractivity contribution >= 4 is 0 Å². The van der Waals surface area contributed by atoms with Crippen LogP contribution >= 0.6 is 0 Å². The number of halogens is 1. The lowest BCUT2D eigenvalue weighted by atomic mass is 10.1. The van der Waals surface area contributed by atoms with E-state index in [-0.39, 0.29) is 5.82 Å². The van der Waals surface area contributed by atoms with Crippen molar-refractivity contribution in [3.05, 3.63) is 64.7 Å². The zero-order chi connectivity index (χ0) is 13.7. The molecule has 0 aliphatic rings. The lowest BCUT2D eigenvalue weighted by Crippen LogP contribution is -2.14. The van der Waals surface area contributed by atoms with Crippen molar-refractivity contribution in [1.82, 2.24) is 10.3 Å². The Bertz CT molecular complexity index is 600. The van der Waals surface area contributed by atoms with Gasteiger partial charge in [-0.15, -0.1) is 0 Å². The van der Waals surface area contributed by atoms with E-state index in [4.69, 9.17) is 5.26 Å². The van der Waals surface area contributed by atoms with Crippen molar-refractivity contribution in [2.45, 2.75) is 20.0 Å². The summed E-state index contributed by atoms with van der Waals surface area (Å²) in [6.45, 7) is 3.02. The Kier molecular flexibility index (Phi) is 4.22. The number of aromatic nitrogens is 1. The molecule has 0 saturated carbocycles. The van der Waals surface area contributed by atoms with Gasteiger partial charge in [0.05, 0.1) is 11.6 Å². The fraction of sp³-hybridized carbons (Fsp3) is 0.200. The number of hydrogen-bond acceptors (Lipinski definition) is 3. The third-order valence-electron chi connectivity index (χ3n) is 2.80.